The van der Waals surface area contributed by atoms with Crippen molar-refractivity contribution in [2.75, 3.05) is 6.61 Å². The van der Waals surface area contributed by atoms with Gasteiger partial charge >= 0.3 is 0 Å². The molecule has 0 fully saturated rings. The third kappa shape index (κ3) is 3.70. The minimum Gasteiger partial charge on any atom is -0.396 e. The molecule has 0 aliphatic rings. The number of aryl methyl sites for hydroxylation is 2. The number of hydrogen-bond acceptors (Lipinski definition) is 3. The van der Waals surface area contributed by atoms with Crippen molar-refractivity contribution < 1.29 is 5.11 Å². The molecule has 0 radical (unpaired) electrons. The fourth-order valence-electron chi connectivity index (χ4n) is 1.88. The van der Waals surface area contributed by atoms with Crippen molar-refractivity contribution in [1.82, 2.24) is 15.1 Å². The Labute approximate surface area is 114 Å². The highest BCUT2D eigenvalue weighted by atomic mass is 35.5. The lowest BCUT2D eigenvalue weighted by molar-refractivity contribution is 0.229. The molecule has 1 aromatic heterocycles. The zero-order valence-corrected chi connectivity index (χ0v) is 12.5. The average Bonchev–Trinajstić information content (AvgIpc) is 2.63. The van der Waals surface area contributed by atoms with Gasteiger partial charge in [0.25, 0.3) is 0 Å². The van der Waals surface area contributed by atoms with Crippen LogP contribution in [0.3, 0.4) is 0 Å². The second kappa shape index (κ2) is 6.55. The van der Waals surface area contributed by atoms with E-state index < -0.39 is 0 Å². The van der Waals surface area contributed by atoms with E-state index in [-0.39, 0.29) is 12.1 Å². The van der Waals surface area contributed by atoms with Crippen molar-refractivity contribution in [3.8, 4) is 0 Å². The molecule has 104 valence electrons. The summed E-state index contributed by atoms with van der Waals surface area (Å²) in [6.07, 6.45) is 1.56. The Hall–Kier alpha value is -0.580. The van der Waals surface area contributed by atoms with Gasteiger partial charge in [0.05, 0.1) is 16.4 Å². The highest BCUT2D eigenvalue weighted by Crippen LogP contribution is 2.22. The second-order valence-electron chi connectivity index (χ2n) is 5.09. The SMILES string of the molecule is CCc1nn(CC)c(CNC(C)(C)CCO)c1Cl. The molecule has 18 heavy (non-hydrogen) atoms. The third-order valence-electron chi connectivity index (χ3n) is 3.17. The molecule has 0 saturated heterocycles. The normalized spacial score (nSPS) is 12.1. The van der Waals surface area contributed by atoms with E-state index in [1.807, 2.05) is 4.68 Å². The molecule has 2 N–H and O–H groups in total. The minimum atomic E-state index is -0.104. The monoisotopic (exact) mass is 273 g/mol. The molecular formula is C13H24ClN3O. The summed E-state index contributed by atoms with van der Waals surface area (Å²) in [6, 6.07) is 0. The fourth-order valence-corrected chi connectivity index (χ4v) is 2.21. The van der Waals surface area contributed by atoms with Crippen molar-refractivity contribution >= 4 is 11.6 Å². The Bertz CT molecular complexity index is 388. The molecule has 0 aromatic carbocycles. The Morgan fingerprint density at radius 3 is 2.56 bits per heavy atom. The largest absolute Gasteiger partial charge is 0.396 e. The predicted octanol–water partition coefficient (Wildman–Crippen LogP) is 2.37. The van der Waals surface area contributed by atoms with Crippen LogP contribution >= 0.6 is 11.6 Å². The van der Waals surface area contributed by atoms with Crippen molar-refractivity contribution in [2.45, 2.75) is 59.2 Å². The maximum absolute atomic E-state index is 9.01. The maximum Gasteiger partial charge on any atom is 0.0863 e. The molecule has 4 nitrogen and oxygen atoms in total. The van der Waals surface area contributed by atoms with Gasteiger partial charge in [-0.2, -0.15) is 5.10 Å². The molecule has 0 aliphatic carbocycles. The smallest absolute Gasteiger partial charge is 0.0863 e. The summed E-state index contributed by atoms with van der Waals surface area (Å²) in [5.41, 5.74) is 1.88. The Balaban J connectivity index is 2.80. The molecule has 1 rings (SSSR count). The molecule has 0 unspecified atom stereocenters. The number of aliphatic hydroxyl groups is 1. The van der Waals surface area contributed by atoms with E-state index in [4.69, 9.17) is 16.7 Å². The van der Waals surface area contributed by atoms with Crippen LogP contribution in [-0.2, 0) is 19.5 Å². The van der Waals surface area contributed by atoms with Crippen LogP contribution in [0.4, 0.5) is 0 Å². The van der Waals surface area contributed by atoms with E-state index in [9.17, 15) is 0 Å². The standard InChI is InChI=1S/C13H24ClN3O/c1-5-10-12(14)11(17(6-2)16-10)9-15-13(3,4)7-8-18/h15,18H,5-9H2,1-4H3. The van der Waals surface area contributed by atoms with Gasteiger partial charge in [-0.1, -0.05) is 18.5 Å². The van der Waals surface area contributed by atoms with Crippen LogP contribution in [0.25, 0.3) is 0 Å². The molecule has 0 atom stereocenters. The fraction of sp³-hybridized carbons (Fsp3) is 0.769. The van der Waals surface area contributed by atoms with Crippen molar-refractivity contribution in [1.29, 1.82) is 0 Å². The van der Waals surface area contributed by atoms with Gasteiger partial charge in [0.1, 0.15) is 0 Å². The number of nitrogens with one attached hydrogen (secondary N) is 1. The summed E-state index contributed by atoms with van der Waals surface area (Å²) in [4.78, 5) is 0. The van der Waals surface area contributed by atoms with E-state index in [0.29, 0.717) is 13.0 Å². The summed E-state index contributed by atoms with van der Waals surface area (Å²) < 4.78 is 1.95. The molecule has 0 aliphatic heterocycles. The van der Waals surface area contributed by atoms with E-state index >= 15 is 0 Å². The lowest BCUT2D eigenvalue weighted by Crippen LogP contribution is -2.40. The van der Waals surface area contributed by atoms with Crippen LogP contribution in [0.2, 0.25) is 5.02 Å². The number of halogens is 1. The van der Waals surface area contributed by atoms with Gasteiger partial charge in [0.15, 0.2) is 0 Å². The molecule has 0 saturated carbocycles. The van der Waals surface area contributed by atoms with Gasteiger partial charge in [-0.25, -0.2) is 0 Å². The number of rotatable bonds is 7. The Morgan fingerprint density at radius 1 is 1.39 bits per heavy atom. The second-order valence-corrected chi connectivity index (χ2v) is 5.47. The highest BCUT2D eigenvalue weighted by Gasteiger charge is 2.19. The highest BCUT2D eigenvalue weighted by molar-refractivity contribution is 6.31. The first-order valence-corrected chi connectivity index (χ1v) is 6.93. The number of nitrogens with zero attached hydrogens (tertiary/aromatic N) is 2. The molecule has 1 heterocycles. The van der Waals surface area contributed by atoms with Gasteiger partial charge in [0.2, 0.25) is 0 Å². The van der Waals surface area contributed by atoms with E-state index in [0.717, 1.165) is 29.4 Å². The average molecular weight is 274 g/mol. The van der Waals surface area contributed by atoms with Gasteiger partial charge in [-0.05, 0) is 33.6 Å². The molecule has 0 bridgehead atoms. The topological polar surface area (TPSA) is 50.1 Å². The van der Waals surface area contributed by atoms with E-state index in [1.54, 1.807) is 0 Å². The van der Waals surface area contributed by atoms with Crippen molar-refractivity contribution in [3.63, 3.8) is 0 Å². The first-order chi connectivity index (χ1) is 8.45. The van der Waals surface area contributed by atoms with Crippen LogP contribution in [0.15, 0.2) is 0 Å². The van der Waals surface area contributed by atoms with E-state index in [2.05, 4.69) is 38.1 Å². The summed E-state index contributed by atoms with van der Waals surface area (Å²) in [5.74, 6) is 0. The predicted molar refractivity (Wildman–Crippen MR) is 74.9 cm³/mol. The molecular weight excluding hydrogens is 250 g/mol. The summed E-state index contributed by atoms with van der Waals surface area (Å²) in [6.45, 7) is 9.94. The summed E-state index contributed by atoms with van der Waals surface area (Å²) >= 11 is 6.34. The summed E-state index contributed by atoms with van der Waals surface area (Å²) in [7, 11) is 0. The molecule has 1 aromatic rings. The zero-order valence-electron chi connectivity index (χ0n) is 11.8. The van der Waals surface area contributed by atoms with Crippen LogP contribution in [0.5, 0.6) is 0 Å². The Morgan fingerprint density at radius 2 is 2.06 bits per heavy atom. The van der Waals surface area contributed by atoms with E-state index in [1.165, 1.54) is 0 Å². The number of aromatic nitrogens is 2. The molecule has 0 amide bonds. The lowest BCUT2D eigenvalue weighted by atomic mass is 10.0. The van der Waals surface area contributed by atoms with Crippen LogP contribution in [0.1, 0.15) is 45.5 Å². The van der Waals surface area contributed by atoms with Gasteiger partial charge < -0.3 is 10.4 Å². The first kappa shape index (κ1) is 15.5. The lowest BCUT2D eigenvalue weighted by Gasteiger charge is -2.25. The molecule has 5 heteroatoms. The quantitative estimate of drug-likeness (QED) is 0.802. The Kier molecular flexibility index (Phi) is 5.63. The number of aliphatic hydroxyl groups excluding tert-OH is 1. The third-order valence-corrected chi connectivity index (χ3v) is 3.60. The van der Waals surface area contributed by atoms with Crippen molar-refractivity contribution in [3.05, 3.63) is 16.4 Å². The van der Waals surface area contributed by atoms with Crippen molar-refractivity contribution in [2.24, 2.45) is 0 Å². The van der Waals surface area contributed by atoms with Gasteiger partial charge in [0, 0.05) is 25.2 Å². The van der Waals surface area contributed by atoms with Crippen LogP contribution in [0, 0.1) is 0 Å². The minimum absolute atomic E-state index is 0.104. The van der Waals surface area contributed by atoms with Gasteiger partial charge in [-0.3, -0.25) is 4.68 Å². The number of hydrogen-bond donors (Lipinski definition) is 2. The zero-order chi connectivity index (χ0) is 13.8. The van der Waals surface area contributed by atoms with Crippen LogP contribution in [-0.4, -0.2) is 27.0 Å². The summed E-state index contributed by atoms with van der Waals surface area (Å²) in [5, 5.41) is 17.7. The van der Waals surface area contributed by atoms with Gasteiger partial charge in [-0.15, -0.1) is 0 Å². The molecule has 0 spiro atoms. The van der Waals surface area contributed by atoms with Crippen LogP contribution < -0.4 is 5.32 Å². The first-order valence-electron chi connectivity index (χ1n) is 6.55. The maximum atomic E-state index is 9.01.